The summed E-state index contributed by atoms with van der Waals surface area (Å²) in [5.74, 6) is 2.64. The van der Waals surface area contributed by atoms with E-state index in [9.17, 15) is 0 Å². The molecular formula is C22H24N2O2. The van der Waals surface area contributed by atoms with E-state index >= 15 is 0 Å². The summed E-state index contributed by atoms with van der Waals surface area (Å²) < 4.78 is 11.6. The van der Waals surface area contributed by atoms with Crippen LogP contribution in [0.25, 0.3) is 0 Å². The Hall–Kier alpha value is -3.01. The molecule has 1 heterocycles. The van der Waals surface area contributed by atoms with Crippen molar-refractivity contribution >= 4 is 5.82 Å². The van der Waals surface area contributed by atoms with Crippen LogP contribution in [0, 0.1) is 13.8 Å². The van der Waals surface area contributed by atoms with Gasteiger partial charge in [-0.3, -0.25) is 0 Å². The normalized spacial score (nSPS) is 10.4. The van der Waals surface area contributed by atoms with Crippen LogP contribution in [-0.2, 0) is 6.54 Å². The van der Waals surface area contributed by atoms with Crippen LogP contribution in [0.5, 0.6) is 11.5 Å². The van der Waals surface area contributed by atoms with Crippen molar-refractivity contribution in [2.24, 2.45) is 0 Å². The molecule has 26 heavy (non-hydrogen) atoms. The van der Waals surface area contributed by atoms with Gasteiger partial charge in [0.05, 0.1) is 0 Å². The van der Waals surface area contributed by atoms with Gasteiger partial charge in [-0.25, -0.2) is 4.98 Å². The van der Waals surface area contributed by atoms with Crippen molar-refractivity contribution in [3.63, 3.8) is 0 Å². The van der Waals surface area contributed by atoms with E-state index in [1.807, 2.05) is 37.3 Å². The largest absolute Gasteiger partial charge is 0.490 e. The Kier molecular flexibility index (Phi) is 6.09. The summed E-state index contributed by atoms with van der Waals surface area (Å²) in [7, 11) is 0. The second kappa shape index (κ2) is 8.90. The van der Waals surface area contributed by atoms with Crippen LogP contribution in [-0.4, -0.2) is 18.2 Å². The van der Waals surface area contributed by atoms with E-state index in [-0.39, 0.29) is 0 Å². The van der Waals surface area contributed by atoms with Gasteiger partial charge in [0.25, 0.3) is 0 Å². The number of rotatable bonds is 8. The molecule has 0 radical (unpaired) electrons. The zero-order valence-electron chi connectivity index (χ0n) is 15.2. The molecule has 0 aliphatic carbocycles. The standard InChI is InChI=1S/C22H24N2O2/c1-17-6-7-18(2)21(15-17)26-14-13-25-20-10-8-19(9-11-20)16-24-22-5-3-4-12-23-22/h3-12,15H,13-14,16H2,1-2H3,(H,23,24). The van der Waals surface area contributed by atoms with Gasteiger partial charge >= 0.3 is 0 Å². The van der Waals surface area contributed by atoms with Crippen LogP contribution in [0.4, 0.5) is 5.82 Å². The first-order valence-electron chi connectivity index (χ1n) is 8.77. The number of ether oxygens (including phenoxy) is 2. The van der Waals surface area contributed by atoms with Gasteiger partial charge in [0.2, 0.25) is 0 Å². The molecule has 0 aliphatic heterocycles. The molecule has 0 aliphatic rings. The van der Waals surface area contributed by atoms with Crippen molar-refractivity contribution in [1.82, 2.24) is 4.98 Å². The highest BCUT2D eigenvalue weighted by molar-refractivity contribution is 5.37. The predicted octanol–water partition coefficient (Wildman–Crippen LogP) is 4.77. The summed E-state index contributed by atoms with van der Waals surface area (Å²) in [5, 5.41) is 3.29. The van der Waals surface area contributed by atoms with Gasteiger partial charge in [-0.2, -0.15) is 0 Å². The molecule has 0 atom stereocenters. The molecule has 1 aromatic heterocycles. The van der Waals surface area contributed by atoms with Crippen LogP contribution in [0.3, 0.4) is 0 Å². The monoisotopic (exact) mass is 348 g/mol. The minimum absolute atomic E-state index is 0.513. The molecular weight excluding hydrogens is 324 g/mol. The molecule has 0 spiro atoms. The maximum absolute atomic E-state index is 5.81. The number of aromatic nitrogens is 1. The average molecular weight is 348 g/mol. The number of hydrogen-bond acceptors (Lipinski definition) is 4. The number of benzene rings is 2. The molecule has 4 nitrogen and oxygen atoms in total. The molecule has 0 saturated carbocycles. The van der Waals surface area contributed by atoms with Crippen molar-refractivity contribution in [3.05, 3.63) is 83.6 Å². The molecule has 3 aromatic rings. The fourth-order valence-electron chi connectivity index (χ4n) is 2.54. The first-order valence-corrected chi connectivity index (χ1v) is 8.77. The summed E-state index contributed by atoms with van der Waals surface area (Å²) in [6, 6.07) is 20.1. The van der Waals surface area contributed by atoms with Crippen LogP contribution < -0.4 is 14.8 Å². The van der Waals surface area contributed by atoms with Crippen molar-refractivity contribution in [3.8, 4) is 11.5 Å². The summed E-state index contributed by atoms with van der Waals surface area (Å²) >= 11 is 0. The van der Waals surface area contributed by atoms with Gasteiger partial charge in [0, 0.05) is 12.7 Å². The van der Waals surface area contributed by atoms with Gasteiger partial charge in [-0.05, 0) is 60.9 Å². The fraction of sp³-hybridized carbons (Fsp3) is 0.227. The van der Waals surface area contributed by atoms with Gasteiger partial charge in [-0.1, -0.05) is 30.3 Å². The smallest absolute Gasteiger partial charge is 0.126 e. The van der Waals surface area contributed by atoms with Crippen LogP contribution in [0.15, 0.2) is 66.9 Å². The molecule has 0 amide bonds. The van der Waals surface area contributed by atoms with Gasteiger partial charge in [0.1, 0.15) is 30.5 Å². The maximum atomic E-state index is 5.81. The third kappa shape index (κ3) is 5.24. The number of aryl methyl sites for hydroxylation is 2. The van der Waals surface area contributed by atoms with E-state index in [2.05, 4.69) is 47.6 Å². The quantitative estimate of drug-likeness (QED) is 0.596. The lowest BCUT2D eigenvalue weighted by Gasteiger charge is -2.11. The van der Waals surface area contributed by atoms with Crippen LogP contribution in [0.2, 0.25) is 0 Å². The Labute approximate surface area is 154 Å². The van der Waals surface area contributed by atoms with Crippen LogP contribution >= 0.6 is 0 Å². The second-order valence-corrected chi connectivity index (χ2v) is 6.18. The topological polar surface area (TPSA) is 43.4 Å². The molecule has 134 valence electrons. The Balaban J connectivity index is 1.42. The van der Waals surface area contributed by atoms with Gasteiger partial charge in [0.15, 0.2) is 0 Å². The van der Waals surface area contributed by atoms with Crippen molar-refractivity contribution in [1.29, 1.82) is 0 Å². The Morgan fingerprint density at radius 3 is 2.46 bits per heavy atom. The predicted molar refractivity (Wildman–Crippen MR) is 105 cm³/mol. The molecule has 1 N–H and O–H groups in total. The third-order valence-electron chi connectivity index (χ3n) is 4.02. The average Bonchev–Trinajstić information content (AvgIpc) is 2.68. The zero-order valence-corrected chi connectivity index (χ0v) is 15.2. The molecule has 4 heteroatoms. The summed E-state index contributed by atoms with van der Waals surface area (Å²) in [6.45, 7) is 5.87. The minimum atomic E-state index is 0.513. The van der Waals surface area contributed by atoms with Gasteiger partial charge in [-0.15, -0.1) is 0 Å². The van der Waals surface area contributed by atoms with Crippen molar-refractivity contribution in [2.45, 2.75) is 20.4 Å². The van der Waals surface area contributed by atoms with E-state index in [0.29, 0.717) is 13.2 Å². The third-order valence-corrected chi connectivity index (χ3v) is 4.02. The van der Waals surface area contributed by atoms with Crippen LogP contribution in [0.1, 0.15) is 16.7 Å². The summed E-state index contributed by atoms with van der Waals surface area (Å²) in [6.07, 6.45) is 1.78. The van der Waals surface area contributed by atoms with Gasteiger partial charge < -0.3 is 14.8 Å². The highest BCUT2D eigenvalue weighted by Crippen LogP contribution is 2.19. The molecule has 0 fully saturated rings. The highest BCUT2D eigenvalue weighted by atomic mass is 16.5. The first-order chi connectivity index (χ1) is 12.7. The number of nitrogens with zero attached hydrogens (tertiary/aromatic N) is 1. The van der Waals surface area contributed by atoms with E-state index in [1.54, 1.807) is 6.20 Å². The molecule has 0 saturated heterocycles. The lowest BCUT2D eigenvalue weighted by atomic mass is 10.1. The summed E-state index contributed by atoms with van der Waals surface area (Å²) in [5.41, 5.74) is 3.51. The first kappa shape index (κ1) is 17.8. The fourth-order valence-corrected chi connectivity index (χ4v) is 2.54. The Bertz CT molecular complexity index is 817. The number of pyridine rings is 1. The number of nitrogens with one attached hydrogen (secondary N) is 1. The number of anilines is 1. The SMILES string of the molecule is Cc1ccc(C)c(OCCOc2ccc(CNc3ccccn3)cc2)c1. The second-order valence-electron chi connectivity index (χ2n) is 6.18. The van der Waals surface area contributed by atoms with Crippen molar-refractivity contribution in [2.75, 3.05) is 18.5 Å². The lowest BCUT2D eigenvalue weighted by Crippen LogP contribution is -2.09. The Morgan fingerprint density at radius 2 is 1.69 bits per heavy atom. The molecule has 2 aromatic carbocycles. The highest BCUT2D eigenvalue weighted by Gasteiger charge is 2.01. The summed E-state index contributed by atoms with van der Waals surface area (Å²) in [4.78, 5) is 4.25. The Morgan fingerprint density at radius 1 is 0.885 bits per heavy atom. The molecule has 3 rings (SSSR count). The van der Waals surface area contributed by atoms with E-state index in [4.69, 9.17) is 9.47 Å². The zero-order chi connectivity index (χ0) is 18.2. The maximum Gasteiger partial charge on any atom is 0.126 e. The van der Waals surface area contributed by atoms with Crippen molar-refractivity contribution < 1.29 is 9.47 Å². The van der Waals surface area contributed by atoms with E-state index in [1.165, 1.54) is 11.1 Å². The lowest BCUT2D eigenvalue weighted by molar-refractivity contribution is 0.216. The number of hydrogen-bond donors (Lipinski definition) is 1. The molecule has 0 unspecified atom stereocenters. The molecule has 0 bridgehead atoms. The minimum Gasteiger partial charge on any atom is -0.490 e. The van der Waals surface area contributed by atoms with E-state index in [0.717, 1.165) is 29.4 Å². The van der Waals surface area contributed by atoms with E-state index < -0.39 is 0 Å².